The van der Waals surface area contributed by atoms with E-state index < -0.39 is 0 Å². The van der Waals surface area contributed by atoms with E-state index in [4.69, 9.17) is 0 Å². The molecule has 0 rings (SSSR count). The third-order valence-corrected chi connectivity index (χ3v) is 3.57. The summed E-state index contributed by atoms with van der Waals surface area (Å²) in [5.74, 6) is 0. The molecule has 3 heteroatoms. The van der Waals surface area contributed by atoms with E-state index in [0.29, 0.717) is 24.2 Å². The molecule has 0 aromatic heterocycles. The molecule has 1 N–H and O–H groups in total. The molecular formula is C15H34N2O. The van der Waals surface area contributed by atoms with E-state index in [2.05, 4.69) is 65.2 Å². The molecule has 0 fully saturated rings. The Morgan fingerprint density at radius 3 is 1.33 bits per heavy atom. The van der Waals surface area contributed by atoms with Gasteiger partial charge in [0, 0.05) is 36.8 Å². The van der Waals surface area contributed by atoms with Gasteiger partial charge in [0.2, 0.25) is 0 Å². The van der Waals surface area contributed by atoms with Crippen LogP contribution in [0.4, 0.5) is 0 Å². The lowest BCUT2D eigenvalue weighted by Gasteiger charge is -2.42. The van der Waals surface area contributed by atoms with Crippen molar-refractivity contribution in [1.29, 1.82) is 0 Å². The molecule has 0 saturated heterocycles. The molecule has 0 aliphatic carbocycles. The minimum atomic E-state index is 0.217. The van der Waals surface area contributed by atoms with Crippen LogP contribution in [0, 0.1) is 0 Å². The van der Waals surface area contributed by atoms with Crippen molar-refractivity contribution in [2.45, 2.75) is 85.6 Å². The van der Waals surface area contributed by atoms with Crippen LogP contribution in [-0.2, 0) is 0 Å². The maximum Gasteiger partial charge on any atom is 0.0599 e. The summed E-state index contributed by atoms with van der Waals surface area (Å²) in [6.45, 7) is 18.9. The smallest absolute Gasteiger partial charge is 0.0599 e. The zero-order chi connectivity index (χ0) is 14.5. The predicted octanol–water partition coefficient (Wildman–Crippen LogP) is 2.58. The third kappa shape index (κ3) is 5.25. The summed E-state index contributed by atoms with van der Waals surface area (Å²) in [5.41, 5.74) is 0. The Morgan fingerprint density at radius 1 is 0.722 bits per heavy atom. The normalized spacial score (nSPS) is 14.8. The summed E-state index contributed by atoms with van der Waals surface area (Å²) in [5, 5.41) is 9.74. The van der Waals surface area contributed by atoms with Crippen LogP contribution in [0.25, 0.3) is 0 Å². The van der Waals surface area contributed by atoms with Crippen molar-refractivity contribution in [3.63, 3.8) is 0 Å². The molecule has 0 amide bonds. The van der Waals surface area contributed by atoms with Crippen molar-refractivity contribution in [3.05, 3.63) is 0 Å². The van der Waals surface area contributed by atoms with Gasteiger partial charge in [-0.3, -0.25) is 9.80 Å². The van der Waals surface area contributed by atoms with E-state index in [9.17, 15) is 5.11 Å². The molecule has 0 aromatic rings. The first-order chi connectivity index (χ1) is 8.22. The van der Waals surface area contributed by atoms with Crippen LogP contribution >= 0.6 is 0 Å². The van der Waals surface area contributed by atoms with E-state index >= 15 is 0 Å². The van der Waals surface area contributed by atoms with Crippen LogP contribution in [0.3, 0.4) is 0 Å². The Kier molecular flexibility index (Phi) is 8.08. The second kappa shape index (κ2) is 8.13. The fourth-order valence-corrected chi connectivity index (χ4v) is 2.95. The average Bonchev–Trinajstić information content (AvgIpc) is 2.21. The van der Waals surface area contributed by atoms with E-state index in [1.54, 1.807) is 0 Å². The van der Waals surface area contributed by atoms with Crippen LogP contribution in [-0.4, -0.2) is 58.3 Å². The molecule has 18 heavy (non-hydrogen) atoms. The molecule has 110 valence electrons. The molecule has 1 atom stereocenters. The molecule has 0 aliphatic rings. The molecule has 0 saturated carbocycles. The molecule has 0 unspecified atom stereocenters. The van der Waals surface area contributed by atoms with Crippen LogP contribution in [0.15, 0.2) is 0 Å². The molecule has 0 aromatic carbocycles. The first-order valence-corrected chi connectivity index (χ1v) is 7.36. The quantitative estimate of drug-likeness (QED) is 0.725. The minimum absolute atomic E-state index is 0.217. The van der Waals surface area contributed by atoms with Crippen molar-refractivity contribution in [2.24, 2.45) is 0 Å². The number of hydrogen-bond acceptors (Lipinski definition) is 3. The summed E-state index contributed by atoms with van der Waals surface area (Å²) in [6, 6.07) is 2.17. The van der Waals surface area contributed by atoms with Gasteiger partial charge in [0.15, 0.2) is 0 Å². The number of rotatable bonds is 8. The second-order valence-electron chi connectivity index (χ2n) is 6.36. The highest BCUT2D eigenvalue weighted by Crippen LogP contribution is 2.15. The highest BCUT2D eigenvalue weighted by Gasteiger charge is 2.27. The van der Waals surface area contributed by atoms with Gasteiger partial charge in [-0.15, -0.1) is 0 Å². The Hall–Kier alpha value is -0.120. The predicted molar refractivity (Wildman–Crippen MR) is 80.0 cm³/mol. The van der Waals surface area contributed by atoms with Crippen molar-refractivity contribution in [1.82, 2.24) is 9.80 Å². The Bertz CT molecular complexity index is 199. The van der Waals surface area contributed by atoms with Crippen LogP contribution in [0.5, 0.6) is 0 Å². The van der Waals surface area contributed by atoms with Gasteiger partial charge in [-0.05, 0) is 55.4 Å². The summed E-state index contributed by atoms with van der Waals surface area (Å²) in [7, 11) is 0. The first kappa shape index (κ1) is 17.9. The Morgan fingerprint density at radius 2 is 1.11 bits per heavy atom. The summed E-state index contributed by atoms with van der Waals surface area (Å²) >= 11 is 0. The van der Waals surface area contributed by atoms with Crippen molar-refractivity contribution < 1.29 is 5.11 Å². The van der Waals surface area contributed by atoms with Gasteiger partial charge in [-0.25, -0.2) is 0 Å². The molecule has 0 aliphatic heterocycles. The lowest BCUT2D eigenvalue weighted by molar-refractivity contribution is 0.0271. The highest BCUT2D eigenvalue weighted by molar-refractivity contribution is 4.82. The van der Waals surface area contributed by atoms with Crippen molar-refractivity contribution in [3.8, 4) is 0 Å². The van der Waals surface area contributed by atoms with Gasteiger partial charge in [-0.2, -0.15) is 0 Å². The van der Waals surface area contributed by atoms with Crippen molar-refractivity contribution >= 4 is 0 Å². The topological polar surface area (TPSA) is 26.7 Å². The molecular weight excluding hydrogens is 224 g/mol. The van der Waals surface area contributed by atoms with Gasteiger partial charge < -0.3 is 5.11 Å². The SMILES string of the molecule is CC(C)N(C[C@H](CO)N(C(C)C)C(C)C)C(C)C. The maximum absolute atomic E-state index is 9.74. The number of aliphatic hydroxyl groups excluding tert-OH is 1. The van der Waals surface area contributed by atoms with E-state index in [0.717, 1.165) is 6.54 Å². The van der Waals surface area contributed by atoms with Gasteiger partial charge in [0.1, 0.15) is 0 Å². The number of nitrogens with zero attached hydrogens (tertiary/aromatic N) is 2. The lowest BCUT2D eigenvalue weighted by atomic mass is 10.1. The third-order valence-electron chi connectivity index (χ3n) is 3.57. The molecule has 0 heterocycles. The van der Waals surface area contributed by atoms with Crippen LogP contribution < -0.4 is 0 Å². The van der Waals surface area contributed by atoms with Gasteiger partial charge in [-0.1, -0.05) is 0 Å². The summed E-state index contributed by atoms with van der Waals surface area (Å²) in [6.07, 6.45) is 0. The van der Waals surface area contributed by atoms with E-state index in [-0.39, 0.29) is 12.6 Å². The van der Waals surface area contributed by atoms with Crippen LogP contribution in [0.2, 0.25) is 0 Å². The fourth-order valence-electron chi connectivity index (χ4n) is 2.95. The molecule has 3 nitrogen and oxygen atoms in total. The van der Waals surface area contributed by atoms with Gasteiger partial charge >= 0.3 is 0 Å². The Balaban J connectivity index is 4.84. The first-order valence-electron chi connectivity index (χ1n) is 7.36. The standard InChI is InChI=1S/C15H34N2O/c1-11(2)16(12(3)4)9-15(10-18)17(13(5)6)14(7)8/h11-15,18H,9-10H2,1-8H3/t15-/m1/s1. The van der Waals surface area contributed by atoms with Gasteiger partial charge in [0.25, 0.3) is 0 Å². The molecule has 0 radical (unpaired) electrons. The second-order valence-corrected chi connectivity index (χ2v) is 6.36. The van der Waals surface area contributed by atoms with Crippen molar-refractivity contribution in [2.75, 3.05) is 13.2 Å². The highest BCUT2D eigenvalue weighted by atomic mass is 16.3. The Labute approximate surface area is 114 Å². The summed E-state index contributed by atoms with van der Waals surface area (Å²) in [4.78, 5) is 4.87. The zero-order valence-electron chi connectivity index (χ0n) is 13.6. The van der Waals surface area contributed by atoms with E-state index in [1.807, 2.05) is 0 Å². The van der Waals surface area contributed by atoms with Crippen LogP contribution in [0.1, 0.15) is 55.4 Å². The number of hydrogen-bond donors (Lipinski definition) is 1. The average molecular weight is 258 g/mol. The zero-order valence-corrected chi connectivity index (χ0v) is 13.6. The molecule has 0 spiro atoms. The van der Waals surface area contributed by atoms with E-state index in [1.165, 1.54) is 0 Å². The lowest BCUT2D eigenvalue weighted by Crippen LogP contribution is -2.54. The summed E-state index contributed by atoms with van der Waals surface area (Å²) < 4.78 is 0. The monoisotopic (exact) mass is 258 g/mol. The minimum Gasteiger partial charge on any atom is -0.395 e. The maximum atomic E-state index is 9.74. The number of aliphatic hydroxyl groups is 1. The molecule has 0 bridgehead atoms. The largest absolute Gasteiger partial charge is 0.395 e. The fraction of sp³-hybridized carbons (Fsp3) is 1.00. The van der Waals surface area contributed by atoms with Gasteiger partial charge in [0.05, 0.1) is 6.61 Å².